The zero-order chi connectivity index (χ0) is 14.8. The van der Waals surface area contributed by atoms with Crippen molar-refractivity contribution >= 4 is 0 Å². The molecule has 1 aliphatic rings. The number of aryl methyl sites for hydroxylation is 1. The van der Waals surface area contributed by atoms with Gasteiger partial charge >= 0.3 is 0 Å². The number of morpholine rings is 1. The van der Waals surface area contributed by atoms with Crippen LogP contribution >= 0.6 is 0 Å². The summed E-state index contributed by atoms with van der Waals surface area (Å²) in [6.07, 6.45) is 3.59. The van der Waals surface area contributed by atoms with E-state index in [0.717, 1.165) is 38.3 Å². The number of nitrogens with zero attached hydrogens (tertiary/aromatic N) is 1. The van der Waals surface area contributed by atoms with Crippen molar-refractivity contribution in [1.82, 2.24) is 4.90 Å². The highest BCUT2D eigenvalue weighted by Gasteiger charge is 2.13. The summed E-state index contributed by atoms with van der Waals surface area (Å²) in [6, 6.07) is 5.41. The van der Waals surface area contributed by atoms with Crippen molar-refractivity contribution < 1.29 is 9.13 Å². The van der Waals surface area contributed by atoms with E-state index in [4.69, 9.17) is 4.74 Å². The average Bonchev–Trinajstić information content (AvgIpc) is 2.51. The zero-order valence-corrected chi connectivity index (χ0v) is 13.1. The van der Waals surface area contributed by atoms with Crippen molar-refractivity contribution in [3.63, 3.8) is 0 Å². The summed E-state index contributed by atoms with van der Waals surface area (Å²) in [5.41, 5.74) is 2.01. The quantitative estimate of drug-likeness (QED) is 0.826. The Hall–Kier alpha value is -0.930. The second-order valence-corrected chi connectivity index (χ2v) is 5.17. The number of ether oxygens (including phenoxy) is 1. The van der Waals surface area contributed by atoms with Crippen LogP contribution in [-0.4, -0.2) is 31.2 Å². The minimum absolute atomic E-state index is 0.0938. The van der Waals surface area contributed by atoms with Crippen LogP contribution in [0.1, 0.15) is 44.7 Å². The summed E-state index contributed by atoms with van der Waals surface area (Å²) in [5, 5.41) is 0. The largest absolute Gasteiger partial charge is 0.379 e. The molecular weight excluding hydrogens is 253 g/mol. The molecule has 0 bridgehead atoms. The molecule has 0 aromatic heterocycles. The Bertz CT molecular complexity index is 373. The highest BCUT2D eigenvalue weighted by Crippen LogP contribution is 2.14. The van der Waals surface area contributed by atoms with E-state index in [2.05, 4.69) is 25.7 Å². The van der Waals surface area contributed by atoms with E-state index in [9.17, 15) is 4.39 Å². The van der Waals surface area contributed by atoms with Crippen molar-refractivity contribution in [1.29, 1.82) is 0 Å². The van der Waals surface area contributed by atoms with Crippen LogP contribution in [0.3, 0.4) is 0 Å². The predicted molar refractivity (Wildman–Crippen MR) is 82.5 cm³/mol. The SMILES string of the molecule is CCCC.CCc1ccc(F)c(CN2CCOCC2)c1. The van der Waals surface area contributed by atoms with E-state index in [-0.39, 0.29) is 5.82 Å². The third kappa shape index (κ3) is 6.02. The van der Waals surface area contributed by atoms with Crippen LogP contribution in [0.2, 0.25) is 0 Å². The van der Waals surface area contributed by atoms with E-state index >= 15 is 0 Å². The Morgan fingerprint density at radius 3 is 2.30 bits per heavy atom. The Labute approximate surface area is 122 Å². The lowest BCUT2D eigenvalue weighted by atomic mass is 10.1. The summed E-state index contributed by atoms with van der Waals surface area (Å²) < 4.78 is 18.9. The lowest BCUT2D eigenvalue weighted by Gasteiger charge is -2.26. The number of hydrogen-bond acceptors (Lipinski definition) is 2. The van der Waals surface area contributed by atoms with Crippen LogP contribution in [0.25, 0.3) is 0 Å². The van der Waals surface area contributed by atoms with Crippen molar-refractivity contribution in [2.75, 3.05) is 26.3 Å². The second kappa shape index (κ2) is 9.89. The Balaban J connectivity index is 0.000000444. The summed E-state index contributed by atoms with van der Waals surface area (Å²) in [5.74, 6) is -0.0938. The van der Waals surface area contributed by atoms with Crippen LogP contribution in [-0.2, 0) is 17.7 Å². The molecule has 3 heteroatoms. The molecule has 1 saturated heterocycles. The third-order valence-electron chi connectivity index (χ3n) is 3.52. The first kappa shape index (κ1) is 17.1. The van der Waals surface area contributed by atoms with E-state index in [1.807, 2.05) is 12.1 Å². The van der Waals surface area contributed by atoms with Crippen LogP contribution in [0, 0.1) is 5.82 Å². The summed E-state index contributed by atoms with van der Waals surface area (Å²) in [4.78, 5) is 2.24. The van der Waals surface area contributed by atoms with Gasteiger partial charge in [-0.3, -0.25) is 4.90 Å². The van der Waals surface area contributed by atoms with Crippen molar-refractivity contribution in [2.24, 2.45) is 0 Å². The Morgan fingerprint density at radius 2 is 1.75 bits per heavy atom. The topological polar surface area (TPSA) is 12.5 Å². The van der Waals surface area contributed by atoms with Gasteiger partial charge in [0.2, 0.25) is 0 Å². The second-order valence-electron chi connectivity index (χ2n) is 5.17. The number of halogens is 1. The maximum absolute atomic E-state index is 13.6. The molecule has 1 aromatic rings. The van der Waals surface area contributed by atoms with Gasteiger partial charge in [-0.15, -0.1) is 0 Å². The Morgan fingerprint density at radius 1 is 1.10 bits per heavy atom. The lowest BCUT2D eigenvalue weighted by Crippen LogP contribution is -2.35. The molecule has 0 saturated carbocycles. The standard InChI is InChI=1S/C13H18FNO.C4H10/c1-2-11-3-4-13(14)12(9-11)10-15-5-7-16-8-6-15;1-3-4-2/h3-4,9H,2,5-8,10H2,1H3;3-4H2,1-2H3. The molecule has 20 heavy (non-hydrogen) atoms. The molecule has 0 spiro atoms. The molecular formula is C17H28FNO. The van der Waals surface area contributed by atoms with Gasteiger partial charge in [0.15, 0.2) is 0 Å². The smallest absolute Gasteiger partial charge is 0.127 e. The van der Waals surface area contributed by atoms with E-state index in [1.165, 1.54) is 18.4 Å². The van der Waals surface area contributed by atoms with Gasteiger partial charge < -0.3 is 4.74 Å². The fraction of sp³-hybridized carbons (Fsp3) is 0.647. The van der Waals surface area contributed by atoms with E-state index in [0.29, 0.717) is 6.54 Å². The van der Waals surface area contributed by atoms with Gasteiger partial charge in [-0.05, 0) is 18.1 Å². The highest BCUT2D eigenvalue weighted by molar-refractivity contribution is 5.25. The summed E-state index contributed by atoms with van der Waals surface area (Å²) >= 11 is 0. The van der Waals surface area contributed by atoms with Gasteiger partial charge in [0.05, 0.1) is 13.2 Å². The first-order chi connectivity index (χ1) is 9.71. The zero-order valence-electron chi connectivity index (χ0n) is 13.1. The normalized spacial score (nSPS) is 15.6. The van der Waals surface area contributed by atoms with Gasteiger partial charge in [0.1, 0.15) is 5.82 Å². The fourth-order valence-corrected chi connectivity index (χ4v) is 1.97. The van der Waals surface area contributed by atoms with Gasteiger partial charge in [-0.1, -0.05) is 45.7 Å². The van der Waals surface area contributed by atoms with E-state index in [1.54, 1.807) is 6.07 Å². The molecule has 1 aromatic carbocycles. The molecule has 0 atom stereocenters. The molecule has 1 aliphatic heterocycles. The molecule has 1 heterocycles. The molecule has 1 fully saturated rings. The van der Waals surface area contributed by atoms with Crippen LogP contribution in [0.15, 0.2) is 18.2 Å². The number of rotatable bonds is 4. The highest BCUT2D eigenvalue weighted by atomic mass is 19.1. The average molecular weight is 281 g/mol. The molecule has 0 amide bonds. The maximum Gasteiger partial charge on any atom is 0.127 e. The summed E-state index contributed by atoms with van der Waals surface area (Å²) in [7, 11) is 0. The minimum atomic E-state index is -0.0938. The summed E-state index contributed by atoms with van der Waals surface area (Å²) in [6.45, 7) is 10.5. The van der Waals surface area contributed by atoms with Crippen LogP contribution < -0.4 is 0 Å². The number of unbranched alkanes of at least 4 members (excludes halogenated alkanes) is 1. The van der Waals surface area contributed by atoms with Gasteiger partial charge in [-0.2, -0.15) is 0 Å². The molecule has 0 aliphatic carbocycles. The number of benzene rings is 1. The first-order valence-electron chi connectivity index (χ1n) is 7.78. The van der Waals surface area contributed by atoms with Crippen LogP contribution in [0.5, 0.6) is 0 Å². The van der Waals surface area contributed by atoms with Gasteiger partial charge in [0.25, 0.3) is 0 Å². The van der Waals surface area contributed by atoms with Crippen molar-refractivity contribution in [3.05, 3.63) is 35.1 Å². The molecule has 0 radical (unpaired) electrons. The molecule has 0 unspecified atom stereocenters. The molecule has 0 N–H and O–H groups in total. The van der Waals surface area contributed by atoms with Crippen molar-refractivity contribution in [2.45, 2.75) is 46.6 Å². The predicted octanol–water partition coefficient (Wildman–Crippen LogP) is 4.03. The first-order valence-corrected chi connectivity index (χ1v) is 7.78. The molecule has 2 rings (SSSR count). The maximum atomic E-state index is 13.6. The van der Waals surface area contributed by atoms with E-state index < -0.39 is 0 Å². The lowest BCUT2D eigenvalue weighted by molar-refractivity contribution is 0.0337. The monoisotopic (exact) mass is 281 g/mol. The van der Waals surface area contributed by atoms with Gasteiger partial charge in [0, 0.05) is 25.2 Å². The van der Waals surface area contributed by atoms with Gasteiger partial charge in [-0.25, -0.2) is 4.39 Å². The van der Waals surface area contributed by atoms with Crippen molar-refractivity contribution in [3.8, 4) is 0 Å². The third-order valence-corrected chi connectivity index (χ3v) is 3.52. The molecule has 2 nitrogen and oxygen atoms in total. The number of hydrogen-bond donors (Lipinski definition) is 0. The molecule has 114 valence electrons. The van der Waals surface area contributed by atoms with Crippen LogP contribution in [0.4, 0.5) is 4.39 Å². The fourth-order valence-electron chi connectivity index (χ4n) is 1.97. The minimum Gasteiger partial charge on any atom is -0.379 e. The Kier molecular flexibility index (Phi) is 8.47.